The number of halogens is 3. The summed E-state index contributed by atoms with van der Waals surface area (Å²) in [5.74, 6) is -0.429. The number of hydrogen-bond acceptors (Lipinski definition) is 3. The largest absolute Gasteiger partial charge is 0.508 e. The molecule has 0 amide bonds. The van der Waals surface area contributed by atoms with Gasteiger partial charge in [0.15, 0.2) is 5.60 Å². The van der Waals surface area contributed by atoms with Crippen molar-refractivity contribution in [3.05, 3.63) is 94.5 Å². The number of benzene rings is 3. The fraction of sp³-hybridized carbons (Fsp3) is 0.333. The summed E-state index contributed by atoms with van der Waals surface area (Å²) >= 11 is 0. The second-order valence-corrected chi connectivity index (χ2v) is 9.68. The molecule has 0 aromatic heterocycles. The van der Waals surface area contributed by atoms with Gasteiger partial charge in [-0.2, -0.15) is 13.2 Å². The summed E-state index contributed by atoms with van der Waals surface area (Å²) in [7, 11) is 0. The first-order valence-corrected chi connectivity index (χ1v) is 10.6. The normalized spacial score (nSPS) is 14.7. The maximum absolute atomic E-state index is 13.4. The number of phenols is 2. The van der Waals surface area contributed by atoms with Gasteiger partial charge in [0.25, 0.3) is 0 Å². The molecule has 0 aliphatic carbocycles. The fourth-order valence-electron chi connectivity index (χ4n) is 3.98. The highest BCUT2D eigenvalue weighted by molar-refractivity contribution is 5.49. The van der Waals surface area contributed by atoms with Gasteiger partial charge < -0.3 is 15.3 Å². The van der Waals surface area contributed by atoms with Crippen molar-refractivity contribution in [1.29, 1.82) is 0 Å². The molecule has 1 unspecified atom stereocenters. The Morgan fingerprint density at radius 1 is 0.606 bits per heavy atom. The van der Waals surface area contributed by atoms with Gasteiger partial charge in [-0.15, -0.1) is 0 Å². The Balaban J connectivity index is 2.08. The maximum Gasteiger partial charge on any atom is 0.421 e. The van der Waals surface area contributed by atoms with Crippen LogP contribution in [0.3, 0.4) is 0 Å². The summed E-state index contributed by atoms with van der Waals surface area (Å²) in [6.45, 7) is 8.53. The van der Waals surface area contributed by atoms with Crippen LogP contribution in [0.15, 0.2) is 66.7 Å². The van der Waals surface area contributed by atoms with E-state index in [4.69, 9.17) is 0 Å². The smallest absolute Gasteiger partial charge is 0.421 e. The van der Waals surface area contributed by atoms with Crippen LogP contribution in [0.5, 0.6) is 11.5 Å². The third kappa shape index (κ3) is 4.44. The van der Waals surface area contributed by atoms with E-state index in [1.807, 2.05) is 50.2 Å². The zero-order chi connectivity index (χ0) is 24.8. The summed E-state index contributed by atoms with van der Waals surface area (Å²) in [5, 5.41) is 29.9. The van der Waals surface area contributed by atoms with Gasteiger partial charge in [0.1, 0.15) is 11.5 Å². The number of alkyl halides is 3. The SMILES string of the molecule is CC(C)(c1ccc(O)cc1)c1cccc(C(C)(C)c2ccc(O)c(C(C)(O)C(F)(F)F)c2)c1. The van der Waals surface area contributed by atoms with Crippen LogP contribution in [0.1, 0.15) is 62.4 Å². The van der Waals surface area contributed by atoms with E-state index in [0.717, 1.165) is 16.7 Å². The van der Waals surface area contributed by atoms with E-state index in [1.165, 1.54) is 12.1 Å². The molecule has 6 heteroatoms. The number of aliphatic hydroxyl groups is 1. The highest BCUT2D eigenvalue weighted by atomic mass is 19.4. The zero-order valence-corrected chi connectivity index (χ0v) is 19.3. The molecule has 0 saturated heterocycles. The standard InChI is InChI=1S/C27H29F3O3/c1-24(2,17-9-12-21(31)13-10-17)18-7-6-8-19(15-18)25(3,4)20-11-14-23(32)22(16-20)26(5,33)27(28,29)30/h6-16,31-33H,1-5H3. The van der Waals surface area contributed by atoms with Crippen molar-refractivity contribution in [1.82, 2.24) is 0 Å². The zero-order valence-electron chi connectivity index (χ0n) is 19.3. The van der Waals surface area contributed by atoms with Crippen LogP contribution in [0.4, 0.5) is 13.2 Å². The Morgan fingerprint density at radius 2 is 1.06 bits per heavy atom. The molecule has 3 N–H and O–H groups in total. The van der Waals surface area contributed by atoms with E-state index in [0.29, 0.717) is 12.5 Å². The van der Waals surface area contributed by atoms with Crippen LogP contribution in [0.25, 0.3) is 0 Å². The quantitative estimate of drug-likeness (QED) is 0.408. The van der Waals surface area contributed by atoms with Gasteiger partial charge in [-0.05, 0) is 53.4 Å². The molecular weight excluding hydrogens is 429 g/mol. The van der Waals surface area contributed by atoms with Crippen molar-refractivity contribution in [2.24, 2.45) is 0 Å². The Morgan fingerprint density at radius 3 is 1.58 bits per heavy atom. The predicted octanol–water partition coefficient (Wildman–Crippen LogP) is 6.52. The lowest BCUT2D eigenvalue weighted by Gasteiger charge is -2.32. The van der Waals surface area contributed by atoms with Crippen molar-refractivity contribution in [3.8, 4) is 11.5 Å². The number of phenolic OH excluding ortho intramolecular Hbond substituents is 2. The van der Waals surface area contributed by atoms with Crippen molar-refractivity contribution in [3.63, 3.8) is 0 Å². The van der Waals surface area contributed by atoms with Crippen LogP contribution >= 0.6 is 0 Å². The topological polar surface area (TPSA) is 60.7 Å². The lowest BCUT2D eigenvalue weighted by Crippen LogP contribution is -2.39. The molecule has 0 fully saturated rings. The summed E-state index contributed by atoms with van der Waals surface area (Å²) in [6, 6.07) is 18.8. The van der Waals surface area contributed by atoms with Gasteiger partial charge in [0.2, 0.25) is 0 Å². The molecule has 0 bridgehead atoms. The molecule has 0 radical (unpaired) electrons. The molecule has 0 aliphatic heterocycles. The Kier molecular flexibility index (Phi) is 6.05. The van der Waals surface area contributed by atoms with Crippen LogP contribution in [0.2, 0.25) is 0 Å². The predicted molar refractivity (Wildman–Crippen MR) is 123 cm³/mol. The highest BCUT2D eigenvalue weighted by Crippen LogP contribution is 2.44. The minimum absolute atomic E-state index is 0.183. The lowest BCUT2D eigenvalue weighted by molar-refractivity contribution is -0.259. The van der Waals surface area contributed by atoms with Crippen molar-refractivity contribution >= 4 is 0 Å². The van der Waals surface area contributed by atoms with Crippen LogP contribution < -0.4 is 0 Å². The number of aromatic hydroxyl groups is 2. The molecule has 33 heavy (non-hydrogen) atoms. The average Bonchev–Trinajstić information content (AvgIpc) is 2.73. The van der Waals surface area contributed by atoms with E-state index < -0.39 is 28.5 Å². The Bertz CT molecular complexity index is 1140. The molecule has 3 aromatic rings. The first kappa shape index (κ1) is 24.6. The van der Waals surface area contributed by atoms with Gasteiger partial charge in [-0.1, -0.05) is 70.2 Å². The monoisotopic (exact) mass is 458 g/mol. The molecule has 176 valence electrons. The Labute approximate surface area is 192 Å². The van der Waals surface area contributed by atoms with Gasteiger partial charge in [0.05, 0.1) is 0 Å². The third-order valence-corrected chi connectivity index (χ3v) is 6.69. The molecule has 0 heterocycles. The molecule has 0 aliphatic rings. The molecule has 3 rings (SSSR count). The van der Waals surface area contributed by atoms with E-state index in [9.17, 15) is 28.5 Å². The van der Waals surface area contributed by atoms with Crippen molar-refractivity contribution in [2.75, 3.05) is 0 Å². The minimum Gasteiger partial charge on any atom is -0.508 e. The lowest BCUT2D eigenvalue weighted by atomic mass is 9.73. The fourth-order valence-corrected chi connectivity index (χ4v) is 3.98. The molecule has 3 nitrogen and oxygen atoms in total. The highest BCUT2D eigenvalue weighted by Gasteiger charge is 2.52. The number of rotatable bonds is 5. The van der Waals surface area contributed by atoms with E-state index in [1.54, 1.807) is 18.2 Å². The van der Waals surface area contributed by atoms with Gasteiger partial charge in [-0.3, -0.25) is 0 Å². The Hall–Kier alpha value is -2.99. The summed E-state index contributed by atoms with van der Waals surface area (Å²) < 4.78 is 40.3. The van der Waals surface area contributed by atoms with Gasteiger partial charge in [-0.25, -0.2) is 0 Å². The summed E-state index contributed by atoms with van der Waals surface area (Å²) in [4.78, 5) is 0. The van der Waals surface area contributed by atoms with Crippen LogP contribution in [-0.2, 0) is 16.4 Å². The van der Waals surface area contributed by atoms with Crippen molar-refractivity contribution < 1.29 is 28.5 Å². The van der Waals surface area contributed by atoms with Gasteiger partial charge >= 0.3 is 6.18 Å². The minimum atomic E-state index is -4.94. The van der Waals surface area contributed by atoms with E-state index in [2.05, 4.69) is 13.8 Å². The molecule has 3 aromatic carbocycles. The average molecular weight is 459 g/mol. The second-order valence-electron chi connectivity index (χ2n) is 9.68. The number of hydrogen-bond donors (Lipinski definition) is 3. The maximum atomic E-state index is 13.4. The van der Waals surface area contributed by atoms with Crippen molar-refractivity contribution in [2.45, 2.75) is 57.2 Å². The summed E-state index contributed by atoms with van der Waals surface area (Å²) in [6.07, 6.45) is -4.94. The second kappa shape index (κ2) is 8.10. The molecule has 1 atom stereocenters. The van der Waals surface area contributed by atoms with Crippen LogP contribution in [0, 0.1) is 0 Å². The third-order valence-electron chi connectivity index (χ3n) is 6.69. The van der Waals surface area contributed by atoms with Crippen LogP contribution in [-0.4, -0.2) is 21.5 Å². The first-order valence-electron chi connectivity index (χ1n) is 10.6. The van der Waals surface area contributed by atoms with Gasteiger partial charge in [0, 0.05) is 16.4 Å². The molecular formula is C27H29F3O3. The van der Waals surface area contributed by atoms with E-state index in [-0.39, 0.29) is 11.2 Å². The first-order chi connectivity index (χ1) is 15.1. The molecule has 0 spiro atoms. The van der Waals surface area contributed by atoms with E-state index >= 15 is 0 Å². The molecule has 0 saturated carbocycles. The summed E-state index contributed by atoms with van der Waals surface area (Å²) in [5.41, 5.74) is -1.48.